The van der Waals surface area contributed by atoms with E-state index in [0.717, 1.165) is 12.6 Å². The van der Waals surface area contributed by atoms with Crippen molar-refractivity contribution in [3.05, 3.63) is 34.7 Å². The highest BCUT2D eigenvalue weighted by molar-refractivity contribution is 6.31. The van der Waals surface area contributed by atoms with Gasteiger partial charge in [0.25, 0.3) is 5.89 Å². The normalized spacial score (nSPS) is 23.0. The summed E-state index contributed by atoms with van der Waals surface area (Å²) < 4.78 is 38.4. The van der Waals surface area contributed by atoms with E-state index in [9.17, 15) is 8.78 Å². The maximum atomic E-state index is 14.0. The molecule has 2 aromatic rings. The molecule has 0 bridgehead atoms. The average Bonchev–Trinajstić information content (AvgIpc) is 2.93. The van der Waals surface area contributed by atoms with Crippen molar-refractivity contribution in [3.8, 4) is 11.5 Å². The molecule has 1 aliphatic heterocycles. The summed E-state index contributed by atoms with van der Waals surface area (Å²) >= 11 is 5.56. The zero-order valence-corrected chi connectivity index (χ0v) is 12.8. The van der Waals surface area contributed by atoms with Crippen molar-refractivity contribution in [1.82, 2.24) is 15.1 Å². The zero-order valence-electron chi connectivity index (χ0n) is 12.0. The van der Waals surface area contributed by atoms with Gasteiger partial charge in [0.15, 0.2) is 5.82 Å². The summed E-state index contributed by atoms with van der Waals surface area (Å²) in [5.41, 5.74) is -0.0395. The van der Waals surface area contributed by atoms with E-state index in [2.05, 4.69) is 15.1 Å². The molecule has 0 aliphatic carbocycles. The molecule has 1 aromatic carbocycles. The van der Waals surface area contributed by atoms with Crippen LogP contribution in [0.25, 0.3) is 11.5 Å². The van der Waals surface area contributed by atoms with Gasteiger partial charge in [0, 0.05) is 13.1 Å². The molecule has 0 spiro atoms. The Bertz CT molecular complexity index is 685. The van der Waals surface area contributed by atoms with Crippen LogP contribution in [0.5, 0.6) is 0 Å². The van der Waals surface area contributed by atoms with Crippen LogP contribution in [0.15, 0.2) is 16.5 Å². The highest BCUT2D eigenvalue weighted by atomic mass is 35.5. The third-order valence-electron chi connectivity index (χ3n) is 3.42. The van der Waals surface area contributed by atoms with Crippen LogP contribution in [0.2, 0.25) is 5.02 Å². The largest absolute Gasteiger partial charge is 0.418 e. The van der Waals surface area contributed by atoms with E-state index in [1.807, 2.05) is 14.0 Å². The molecule has 0 unspecified atom stereocenters. The molecule has 0 N–H and O–H groups in total. The van der Waals surface area contributed by atoms with Crippen LogP contribution in [-0.4, -0.2) is 41.3 Å². The Labute approximate surface area is 130 Å². The Morgan fingerprint density at radius 3 is 2.77 bits per heavy atom. The van der Waals surface area contributed by atoms with Gasteiger partial charge in [-0.2, -0.15) is 0 Å². The molecular weight excluding hydrogens is 316 g/mol. The molecule has 3 rings (SSSR count). The molecule has 8 heteroatoms. The number of hydrogen-bond acceptors (Lipinski definition) is 5. The molecule has 2 heterocycles. The second-order valence-corrected chi connectivity index (χ2v) is 5.70. The van der Waals surface area contributed by atoms with E-state index < -0.39 is 16.7 Å². The predicted octanol–water partition coefficient (Wildman–Crippen LogP) is 3.06. The summed E-state index contributed by atoms with van der Waals surface area (Å²) in [6, 6.07) is 2.27. The Morgan fingerprint density at radius 1 is 1.27 bits per heavy atom. The molecule has 1 fully saturated rings. The number of hydrogen-bond donors (Lipinski definition) is 0. The third-order valence-corrected chi connectivity index (χ3v) is 3.77. The molecule has 1 aliphatic rings. The lowest BCUT2D eigenvalue weighted by Crippen LogP contribution is -2.40. The summed E-state index contributed by atoms with van der Waals surface area (Å²) in [6.07, 6.45) is -0.356. The molecule has 2 atom stereocenters. The second kappa shape index (κ2) is 5.91. The molecule has 5 nitrogen and oxygen atoms in total. The molecule has 1 saturated heterocycles. The lowest BCUT2D eigenvalue weighted by atomic mass is 10.2. The van der Waals surface area contributed by atoms with E-state index in [0.29, 0.717) is 6.54 Å². The quantitative estimate of drug-likeness (QED) is 0.793. The minimum Gasteiger partial charge on any atom is -0.418 e. The van der Waals surface area contributed by atoms with Crippen LogP contribution < -0.4 is 0 Å². The van der Waals surface area contributed by atoms with E-state index in [-0.39, 0.29) is 29.6 Å². The Balaban J connectivity index is 1.90. The van der Waals surface area contributed by atoms with Gasteiger partial charge in [-0.05, 0) is 26.1 Å². The second-order valence-electron chi connectivity index (χ2n) is 5.32. The molecule has 0 radical (unpaired) electrons. The van der Waals surface area contributed by atoms with Gasteiger partial charge in [0.1, 0.15) is 16.9 Å². The lowest BCUT2D eigenvalue weighted by Gasteiger charge is -2.32. The van der Waals surface area contributed by atoms with Crippen LogP contribution in [0.4, 0.5) is 8.78 Å². The van der Waals surface area contributed by atoms with Gasteiger partial charge in [-0.1, -0.05) is 11.6 Å². The first kappa shape index (κ1) is 15.3. The number of halogens is 3. The number of aromatic nitrogens is 2. The van der Waals surface area contributed by atoms with Crippen LogP contribution in [0.1, 0.15) is 18.9 Å². The molecular formula is C14H14ClF2N3O2. The predicted molar refractivity (Wildman–Crippen MR) is 75.4 cm³/mol. The van der Waals surface area contributed by atoms with Crippen molar-refractivity contribution in [2.24, 2.45) is 0 Å². The van der Waals surface area contributed by atoms with Gasteiger partial charge in [-0.3, -0.25) is 0 Å². The van der Waals surface area contributed by atoms with Gasteiger partial charge in [0.05, 0.1) is 11.7 Å². The van der Waals surface area contributed by atoms with E-state index in [1.54, 1.807) is 0 Å². The first-order chi connectivity index (χ1) is 10.5. The molecule has 1 aromatic heterocycles. The van der Waals surface area contributed by atoms with Gasteiger partial charge in [-0.15, -0.1) is 10.2 Å². The number of ether oxygens (including phenoxy) is 1. The fourth-order valence-corrected chi connectivity index (χ4v) is 2.63. The van der Waals surface area contributed by atoms with Crippen molar-refractivity contribution in [1.29, 1.82) is 0 Å². The lowest BCUT2D eigenvalue weighted by molar-refractivity contribution is -0.0821. The van der Waals surface area contributed by atoms with Crippen LogP contribution >= 0.6 is 11.6 Å². The van der Waals surface area contributed by atoms with Crippen LogP contribution in [0, 0.1) is 11.6 Å². The van der Waals surface area contributed by atoms with E-state index >= 15 is 0 Å². The smallest absolute Gasteiger partial charge is 0.250 e. The minimum atomic E-state index is -0.924. The number of rotatable bonds is 2. The Kier molecular flexibility index (Phi) is 4.12. The van der Waals surface area contributed by atoms with E-state index in [1.165, 1.54) is 6.07 Å². The number of likely N-dealkylation sites (N-methyl/N-ethyl adjacent to an activating group) is 1. The maximum Gasteiger partial charge on any atom is 0.250 e. The molecule has 0 saturated carbocycles. The molecule has 118 valence electrons. The highest BCUT2D eigenvalue weighted by Gasteiger charge is 2.29. The Hall–Kier alpha value is -1.57. The number of benzene rings is 1. The van der Waals surface area contributed by atoms with Crippen LogP contribution in [0.3, 0.4) is 0 Å². The average molecular weight is 330 g/mol. The standard InChI is InChI=1S/C14H14ClF2N3O2/c1-7-5-20(2)6-10(21-7)14-19-18-13(22-14)8-3-4-9(16)11(15)12(8)17/h3-4,7,10H,5-6H2,1-2H3/t7-,10-/m1/s1. The monoisotopic (exact) mass is 329 g/mol. The van der Waals surface area contributed by atoms with E-state index in [4.69, 9.17) is 20.8 Å². The van der Waals surface area contributed by atoms with Crippen LogP contribution in [-0.2, 0) is 4.74 Å². The first-order valence-electron chi connectivity index (χ1n) is 6.77. The van der Waals surface area contributed by atoms with Crippen molar-refractivity contribution >= 4 is 11.6 Å². The molecule has 0 amide bonds. The maximum absolute atomic E-state index is 14.0. The van der Waals surface area contributed by atoms with Crippen molar-refractivity contribution < 1.29 is 17.9 Å². The topological polar surface area (TPSA) is 51.4 Å². The molecule has 22 heavy (non-hydrogen) atoms. The van der Waals surface area contributed by atoms with Gasteiger partial charge in [0.2, 0.25) is 5.89 Å². The van der Waals surface area contributed by atoms with Crippen molar-refractivity contribution in [2.45, 2.75) is 19.1 Å². The summed E-state index contributed by atoms with van der Waals surface area (Å²) in [4.78, 5) is 2.08. The number of nitrogens with zero attached hydrogens (tertiary/aromatic N) is 3. The summed E-state index contributed by atoms with van der Waals surface area (Å²) in [5, 5.41) is 7.12. The zero-order chi connectivity index (χ0) is 15.9. The van der Waals surface area contributed by atoms with Gasteiger partial charge < -0.3 is 14.1 Å². The third kappa shape index (κ3) is 2.84. The fraction of sp³-hybridized carbons (Fsp3) is 0.429. The number of morpholine rings is 1. The minimum absolute atomic E-state index is 0.0242. The highest BCUT2D eigenvalue weighted by Crippen LogP contribution is 2.31. The van der Waals surface area contributed by atoms with Gasteiger partial charge >= 0.3 is 0 Å². The first-order valence-corrected chi connectivity index (χ1v) is 7.14. The van der Waals surface area contributed by atoms with Crippen molar-refractivity contribution in [2.75, 3.05) is 20.1 Å². The SMILES string of the molecule is C[C@@H]1CN(C)C[C@H](c2nnc(-c3ccc(F)c(Cl)c3F)o2)O1. The summed E-state index contributed by atoms with van der Waals surface area (Å²) in [7, 11) is 1.96. The summed E-state index contributed by atoms with van der Waals surface area (Å²) in [6.45, 7) is 3.34. The fourth-order valence-electron chi connectivity index (χ4n) is 2.46. The van der Waals surface area contributed by atoms with Crippen molar-refractivity contribution in [3.63, 3.8) is 0 Å². The van der Waals surface area contributed by atoms with Gasteiger partial charge in [-0.25, -0.2) is 8.78 Å². The summed E-state index contributed by atoms with van der Waals surface area (Å²) in [5.74, 6) is -1.56. The Morgan fingerprint density at radius 2 is 2.05 bits per heavy atom.